The summed E-state index contributed by atoms with van der Waals surface area (Å²) in [5.74, 6) is 0.420. The number of aromatic nitrogens is 3. The van der Waals surface area contributed by atoms with Crippen LogP contribution in [0.2, 0.25) is 0 Å². The fourth-order valence-electron chi connectivity index (χ4n) is 1.60. The molecular weight excluding hydrogens is 231 g/mol. The lowest BCUT2D eigenvalue weighted by Gasteiger charge is -2.13. The van der Waals surface area contributed by atoms with Crippen molar-refractivity contribution in [2.24, 2.45) is 0 Å². The fourth-order valence-corrected chi connectivity index (χ4v) is 1.60. The largest absolute Gasteiger partial charge is 0.419 e. The highest BCUT2D eigenvalue weighted by Gasteiger charge is 2.34. The number of hydrogen-bond donors (Lipinski definition) is 0. The molecule has 2 heterocycles. The van der Waals surface area contributed by atoms with Gasteiger partial charge in [0.2, 0.25) is 0 Å². The quantitative estimate of drug-likeness (QED) is 0.809. The van der Waals surface area contributed by atoms with Crippen molar-refractivity contribution in [3.05, 3.63) is 42.1 Å². The molecule has 0 amide bonds. The van der Waals surface area contributed by atoms with Crippen LogP contribution >= 0.6 is 0 Å². The van der Waals surface area contributed by atoms with Crippen molar-refractivity contribution in [2.75, 3.05) is 0 Å². The molecule has 0 N–H and O–H groups in total. The van der Waals surface area contributed by atoms with Crippen LogP contribution in [0, 0.1) is 0 Å². The van der Waals surface area contributed by atoms with Gasteiger partial charge in [0.15, 0.2) is 0 Å². The summed E-state index contributed by atoms with van der Waals surface area (Å²) in [5.41, 5.74) is -0.757. The van der Waals surface area contributed by atoms with Gasteiger partial charge in [0, 0.05) is 25.0 Å². The lowest BCUT2D eigenvalue weighted by Crippen LogP contribution is -2.13. The first-order chi connectivity index (χ1) is 8.04. The summed E-state index contributed by atoms with van der Waals surface area (Å²) < 4.78 is 39.8. The number of rotatable bonds is 2. The number of alkyl halides is 3. The van der Waals surface area contributed by atoms with E-state index in [0.717, 1.165) is 6.07 Å². The van der Waals surface area contributed by atoms with E-state index in [0.29, 0.717) is 12.2 Å². The van der Waals surface area contributed by atoms with Crippen LogP contribution in [-0.2, 0) is 12.6 Å². The zero-order valence-electron chi connectivity index (χ0n) is 9.07. The average molecular weight is 241 g/mol. The Morgan fingerprint density at radius 2 is 2.00 bits per heavy atom. The summed E-state index contributed by atoms with van der Waals surface area (Å²) in [6.07, 6.45) is 0.411. The van der Waals surface area contributed by atoms with Crippen molar-refractivity contribution in [1.29, 1.82) is 0 Å². The summed E-state index contributed by atoms with van der Waals surface area (Å²) >= 11 is 0. The average Bonchev–Trinajstić information content (AvgIpc) is 2.75. The normalized spacial score (nSPS) is 11.8. The van der Waals surface area contributed by atoms with Gasteiger partial charge >= 0.3 is 6.18 Å². The number of aryl methyl sites for hydroxylation is 1. The number of hydrogen-bond acceptors (Lipinski definition) is 2. The molecular formula is C11H10F3N3. The van der Waals surface area contributed by atoms with E-state index in [4.69, 9.17) is 0 Å². The molecule has 0 atom stereocenters. The minimum absolute atomic E-state index is 0.130. The van der Waals surface area contributed by atoms with Crippen LogP contribution in [0.4, 0.5) is 13.2 Å². The van der Waals surface area contributed by atoms with Crippen molar-refractivity contribution in [2.45, 2.75) is 19.5 Å². The van der Waals surface area contributed by atoms with E-state index >= 15 is 0 Å². The lowest BCUT2D eigenvalue weighted by atomic mass is 10.2. The van der Waals surface area contributed by atoms with Crippen LogP contribution in [0.5, 0.6) is 0 Å². The molecule has 6 heteroatoms. The number of nitrogens with zero attached hydrogens (tertiary/aromatic N) is 3. The Kier molecular flexibility index (Phi) is 2.87. The minimum Gasteiger partial charge on any atom is -0.287 e. The molecule has 0 bridgehead atoms. The van der Waals surface area contributed by atoms with Crippen LogP contribution in [0.25, 0.3) is 5.82 Å². The van der Waals surface area contributed by atoms with Crippen molar-refractivity contribution in [3.63, 3.8) is 0 Å². The maximum atomic E-state index is 12.8. The highest BCUT2D eigenvalue weighted by atomic mass is 19.4. The molecule has 2 aromatic rings. The third kappa shape index (κ3) is 2.15. The van der Waals surface area contributed by atoms with Gasteiger partial charge in [0.1, 0.15) is 11.6 Å². The summed E-state index contributed by atoms with van der Waals surface area (Å²) in [5, 5.41) is 0. The SMILES string of the molecule is CCc1nccn1-c1ncccc1C(F)(F)F. The van der Waals surface area contributed by atoms with Crippen LogP contribution < -0.4 is 0 Å². The van der Waals surface area contributed by atoms with E-state index in [-0.39, 0.29) is 5.82 Å². The standard InChI is InChI=1S/C11H10F3N3/c1-2-9-15-6-7-17(9)10-8(11(12,13)14)4-3-5-16-10/h3-7H,2H2,1H3. The molecule has 0 aliphatic heterocycles. The molecule has 17 heavy (non-hydrogen) atoms. The van der Waals surface area contributed by atoms with Crippen molar-refractivity contribution in [1.82, 2.24) is 14.5 Å². The number of imidazole rings is 1. The highest BCUT2D eigenvalue weighted by Crippen LogP contribution is 2.32. The van der Waals surface area contributed by atoms with Gasteiger partial charge in [-0.05, 0) is 12.1 Å². The third-order valence-electron chi connectivity index (χ3n) is 2.35. The molecule has 3 nitrogen and oxygen atoms in total. The second-order valence-electron chi connectivity index (χ2n) is 3.44. The van der Waals surface area contributed by atoms with Gasteiger partial charge in [0.05, 0.1) is 5.56 Å². The minimum atomic E-state index is -4.42. The molecule has 0 aromatic carbocycles. The van der Waals surface area contributed by atoms with E-state index < -0.39 is 11.7 Å². The smallest absolute Gasteiger partial charge is 0.287 e. The van der Waals surface area contributed by atoms with E-state index in [2.05, 4.69) is 9.97 Å². The van der Waals surface area contributed by atoms with Crippen molar-refractivity contribution in [3.8, 4) is 5.82 Å². The van der Waals surface area contributed by atoms with E-state index in [1.165, 1.54) is 29.2 Å². The number of pyridine rings is 1. The van der Waals surface area contributed by atoms with Gasteiger partial charge in [-0.2, -0.15) is 13.2 Å². The first-order valence-corrected chi connectivity index (χ1v) is 5.09. The third-order valence-corrected chi connectivity index (χ3v) is 2.35. The summed E-state index contributed by atoms with van der Waals surface area (Å²) in [4.78, 5) is 7.79. The molecule has 0 saturated carbocycles. The van der Waals surface area contributed by atoms with Crippen molar-refractivity contribution >= 4 is 0 Å². The molecule has 0 saturated heterocycles. The lowest BCUT2D eigenvalue weighted by molar-refractivity contribution is -0.137. The molecule has 0 radical (unpaired) electrons. The maximum Gasteiger partial charge on any atom is 0.419 e. The molecule has 0 aliphatic rings. The van der Waals surface area contributed by atoms with E-state index in [9.17, 15) is 13.2 Å². The molecule has 2 rings (SSSR count). The topological polar surface area (TPSA) is 30.7 Å². The predicted molar refractivity (Wildman–Crippen MR) is 55.7 cm³/mol. The molecule has 0 aliphatic carbocycles. The van der Waals surface area contributed by atoms with Gasteiger partial charge in [0.25, 0.3) is 0 Å². The second-order valence-corrected chi connectivity index (χ2v) is 3.44. The van der Waals surface area contributed by atoms with E-state index in [1.807, 2.05) is 6.92 Å². The summed E-state index contributed by atoms with van der Waals surface area (Å²) in [6, 6.07) is 2.29. The zero-order valence-corrected chi connectivity index (χ0v) is 9.07. The Hall–Kier alpha value is -1.85. The Morgan fingerprint density at radius 3 is 2.65 bits per heavy atom. The first-order valence-electron chi connectivity index (χ1n) is 5.09. The molecule has 0 fully saturated rings. The van der Waals surface area contributed by atoms with Crippen LogP contribution in [0.15, 0.2) is 30.7 Å². The zero-order chi connectivity index (χ0) is 12.5. The van der Waals surface area contributed by atoms with Gasteiger partial charge in [-0.25, -0.2) is 9.97 Å². The van der Waals surface area contributed by atoms with Crippen LogP contribution in [0.3, 0.4) is 0 Å². The first kappa shape index (κ1) is 11.6. The molecule has 0 unspecified atom stereocenters. The molecule has 2 aromatic heterocycles. The molecule has 90 valence electrons. The summed E-state index contributed by atoms with van der Waals surface area (Å²) in [6.45, 7) is 1.83. The highest BCUT2D eigenvalue weighted by molar-refractivity contribution is 5.37. The van der Waals surface area contributed by atoms with Gasteiger partial charge in [-0.15, -0.1) is 0 Å². The van der Waals surface area contributed by atoms with Crippen LogP contribution in [0.1, 0.15) is 18.3 Å². The Morgan fingerprint density at radius 1 is 1.24 bits per heavy atom. The second kappa shape index (κ2) is 4.20. The van der Waals surface area contributed by atoms with Gasteiger partial charge in [-0.3, -0.25) is 4.57 Å². The van der Waals surface area contributed by atoms with Gasteiger partial charge < -0.3 is 0 Å². The predicted octanol–water partition coefficient (Wildman–Crippen LogP) is 2.85. The maximum absolute atomic E-state index is 12.8. The molecule has 0 spiro atoms. The monoisotopic (exact) mass is 241 g/mol. The number of halogens is 3. The fraction of sp³-hybridized carbons (Fsp3) is 0.273. The Labute approximate surface area is 95.9 Å². The Balaban J connectivity index is 2.60. The van der Waals surface area contributed by atoms with Crippen LogP contribution in [-0.4, -0.2) is 14.5 Å². The summed E-state index contributed by atoms with van der Waals surface area (Å²) in [7, 11) is 0. The van der Waals surface area contributed by atoms with Crippen molar-refractivity contribution < 1.29 is 13.2 Å². The van der Waals surface area contributed by atoms with E-state index in [1.54, 1.807) is 0 Å². The van der Waals surface area contributed by atoms with Gasteiger partial charge in [-0.1, -0.05) is 6.92 Å². The Bertz CT molecular complexity index is 517.